The summed E-state index contributed by atoms with van der Waals surface area (Å²) in [6.45, 7) is 3.82. The van der Waals surface area contributed by atoms with Gasteiger partial charge in [0.2, 0.25) is 11.8 Å². The van der Waals surface area contributed by atoms with Crippen molar-refractivity contribution in [3.8, 4) is 0 Å². The molecule has 1 aromatic carbocycles. The predicted molar refractivity (Wildman–Crippen MR) is 81.1 cm³/mol. The second-order valence-electron chi connectivity index (χ2n) is 5.32. The number of fused-ring (bicyclic) bond motifs is 1. The second kappa shape index (κ2) is 5.12. The van der Waals surface area contributed by atoms with Crippen LogP contribution >= 0.6 is 0 Å². The first kappa shape index (κ1) is 13.5. The highest BCUT2D eigenvalue weighted by Gasteiger charge is 2.18. The van der Waals surface area contributed by atoms with Gasteiger partial charge in [-0.25, -0.2) is 4.98 Å². The Balaban J connectivity index is 1.84. The van der Waals surface area contributed by atoms with E-state index in [-0.39, 0.29) is 11.9 Å². The third-order valence-corrected chi connectivity index (χ3v) is 3.55. The van der Waals surface area contributed by atoms with Crippen molar-refractivity contribution >= 4 is 23.0 Å². The maximum absolute atomic E-state index is 11.4. The Morgan fingerprint density at radius 1 is 1.43 bits per heavy atom. The quantitative estimate of drug-likeness (QED) is 0.754. The molecule has 1 aliphatic rings. The summed E-state index contributed by atoms with van der Waals surface area (Å²) in [6, 6.07) is 3.69. The number of nitrogens with zero attached hydrogens (tertiary/aromatic N) is 1. The van der Waals surface area contributed by atoms with E-state index < -0.39 is 0 Å². The van der Waals surface area contributed by atoms with Gasteiger partial charge in [-0.05, 0) is 38.0 Å². The minimum atomic E-state index is -0.0859. The Bertz CT molecular complexity index is 693. The molecule has 110 valence electrons. The molecule has 1 aromatic heterocycles. The first-order valence-electron chi connectivity index (χ1n) is 6.94. The number of aromatic nitrogens is 1. The molecule has 1 amide bonds. The number of oxazole rings is 1. The fourth-order valence-electron chi connectivity index (χ4n) is 2.44. The van der Waals surface area contributed by atoms with Crippen LogP contribution in [0.3, 0.4) is 0 Å². The van der Waals surface area contributed by atoms with Gasteiger partial charge in [0.15, 0.2) is 0 Å². The molecule has 1 unspecified atom stereocenters. The Morgan fingerprint density at radius 2 is 2.24 bits per heavy atom. The van der Waals surface area contributed by atoms with Crippen LogP contribution in [-0.2, 0) is 11.2 Å². The standard InChI is InChI=1S/C15H18N4O2/c1-8-7-17-15(21-8)9(2)18-13-5-10-3-4-14(20)19-12(10)6-11(13)16/h5-7,9,18H,3-4,16H2,1-2H3,(H,19,20). The van der Waals surface area contributed by atoms with Crippen molar-refractivity contribution in [2.24, 2.45) is 0 Å². The molecule has 0 radical (unpaired) electrons. The SMILES string of the molecule is Cc1cnc(C(C)Nc2cc3c(cc2N)NC(=O)CC3)o1. The van der Waals surface area contributed by atoms with E-state index in [0.717, 1.165) is 29.1 Å². The van der Waals surface area contributed by atoms with Crippen LogP contribution in [0, 0.1) is 6.92 Å². The number of benzene rings is 1. The smallest absolute Gasteiger partial charge is 0.224 e. The van der Waals surface area contributed by atoms with Gasteiger partial charge in [0, 0.05) is 12.1 Å². The van der Waals surface area contributed by atoms with Gasteiger partial charge in [-0.3, -0.25) is 4.79 Å². The number of nitrogens with one attached hydrogen (secondary N) is 2. The number of nitrogen functional groups attached to an aromatic ring is 1. The normalized spacial score (nSPS) is 15.2. The van der Waals surface area contributed by atoms with Crippen LogP contribution in [0.5, 0.6) is 0 Å². The molecule has 1 atom stereocenters. The largest absolute Gasteiger partial charge is 0.444 e. The van der Waals surface area contributed by atoms with Crippen LogP contribution < -0.4 is 16.4 Å². The minimum absolute atomic E-state index is 0.0336. The molecule has 21 heavy (non-hydrogen) atoms. The summed E-state index contributed by atoms with van der Waals surface area (Å²) in [7, 11) is 0. The average Bonchev–Trinajstić information content (AvgIpc) is 2.86. The second-order valence-corrected chi connectivity index (χ2v) is 5.32. The molecule has 1 aliphatic heterocycles. The molecule has 0 spiro atoms. The zero-order valence-corrected chi connectivity index (χ0v) is 12.1. The molecule has 0 saturated heterocycles. The molecular weight excluding hydrogens is 268 g/mol. The summed E-state index contributed by atoms with van der Waals surface area (Å²) < 4.78 is 5.51. The number of carbonyl (C=O) groups excluding carboxylic acids is 1. The van der Waals surface area contributed by atoms with Gasteiger partial charge in [-0.1, -0.05) is 0 Å². The van der Waals surface area contributed by atoms with E-state index >= 15 is 0 Å². The van der Waals surface area contributed by atoms with Crippen molar-refractivity contribution in [3.05, 3.63) is 35.5 Å². The first-order valence-corrected chi connectivity index (χ1v) is 6.94. The van der Waals surface area contributed by atoms with Crippen molar-refractivity contribution in [1.82, 2.24) is 4.98 Å². The van der Waals surface area contributed by atoms with Gasteiger partial charge in [-0.15, -0.1) is 0 Å². The molecule has 0 aliphatic carbocycles. The summed E-state index contributed by atoms with van der Waals surface area (Å²) >= 11 is 0. The Kier molecular flexibility index (Phi) is 3.29. The van der Waals surface area contributed by atoms with E-state index in [1.165, 1.54) is 0 Å². The molecular formula is C15H18N4O2. The lowest BCUT2D eigenvalue weighted by atomic mass is 10.0. The zero-order valence-electron chi connectivity index (χ0n) is 12.1. The Morgan fingerprint density at radius 3 is 2.95 bits per heavy atom. The lowest BCUT2D eigenvalue weighted by Crippen LogP contribution is -2.19. The van der Waals surface area contributed by atoms with Crippen molar-refractivity contribution in [3.63, 3.8) is 0 Å². The summed E-state index contributed by atoms with van der Waals surface area (Å²) in [5, 5.41) is 6.15. The van der Waals surface area contributed by atoms with Crippen molar-refractivity contribution in [2.75, 3.05) is 16.4 Å². The van der Waals surface area contributed by atoms with Crippen molar-refractivity contribution in [1.29, 1.82) is 0 Å². The summed E-state index contributed by atoms with van der Waals surface area (Å²) in [6.07, 6.45) is 2.92. The van der Waals surface area contributed by atoms with Gasteiger partial charge in [0.25, 0.3) is 0 Å². The highest BCUT2D eigenvalue weighted by molar-refractivity contribution is 5.95. The maximum atomic E-state index is 11.4. The molecule has 2 heterocycles. The maximum Gasteiger partial charge on any atom is 0.224 e. The number of nitrogens with two attached hydrogens (primary N) is 1. The van der Waals surface area contributed by atoms with Crippen molar-refractivity contribution < 1.29 is 9.21 Å². The number of aryl methyl sites for hydroxylation is 2. The monoisotopic (exact) mass is 286 g/mol. The van der Waals surface area contributed by atoms with E-state index in [4.69, 9.17) is 10.2 Å². The number of anilines is 3. The van der Waals surface area contributed by atoms with E-state index in [1.807, 2.05) is 19.9 Å². The topological polar surface area (TPSA) is 93.2 Å². The molecule has 0 bridgehead atoms. The number of rotatable bonds is 3. The van der Waals surface area contributed by atoms with Crippen molar-refractivity contribution in [2.45, 2.75) is 32.7 Å². The van der Waals surface area contributed by atoms with Gasteiger partial charge < -0.3 is 20.8 Å². The van der Waals surface area contributed by atoms with Gasteiger partial charge >= 0.3 is 0 Å². The average molecular weight is 286 g/mol. The lowest BCUT2D eigenvalue weighted by Gasteiger charge is -2.21. The number of carbonyl (C=O) groups is 1. The van der Waals surface area contributed by atoms with Crippen LogP contribution in [0.4, 0.5) is 17.1 Å². The van der Waals surface area contributed by atoms with Crippen LogP contribution in [0.15, 0.2) is 22.7 Å². The van der Waals surface area contributed by atoms with Gasteiger partial charge in [0.05, 0.1) is 17.6 Å². The molecule has 0 fully saturated rings. The van der Waals surface area contributed by atoms with E-state index in [0.29, 0.717) is 18.0 Å². The predicted octanol–water partition coefficient (Wildman–Crippen LogP) is 2.62. The number of hydrogen-bond donors (Lipinski definition) is 3. The van der Waals surface area contributed by atoms with E-state index in [9.17, 15) is 4.79 Å². The molecule has 4 N–H and O–H groups in total. The Hall–Kier alpha value is -2.50. The number of amides is 1. The highest BCUT2D eigenvalue weighted by atomic mass is 16.4. The van der Waals surface area contributed by atoms with Crippen LogP contribution in [0.2, 0.25) is 0 Å². The van der Waals surface area contributed by atoms with Gasteiger partial charge in [-0.2, -0.15) is 0 Å². The van der Waals surface area contributed by atoms with E-state index in [1.54, 1.807) is 12.3 Å². The molecule has 6 nitrogen and oxygen atoms in total. The summed E-state index contributed by atoms with van der Waals surface area (Å²) in [5.74, 6) is 1.43. The van der Waals surface area contributed by atoms with Crippen LogP contribution in [0.1, 0.15) is 36.6 Å². The first-order chi connectivity index (χ1) is 10.0. The highest BCUT2D eigenvalue weighted by Crippen LogP contribution is 2.32. The number of hydrogen-bond acceptors (Lipinski definition) is 5. The lowest BCUT2D eigenvalue weighted by molar-refractivity contribution is -0.116. The van der Waals surface area contributed by atoms with E-state index in [2.05, 4.69) is 15.6 Å². The molecule has 3 rings (SSSR count). The molecule has 2 aromatic rings. The van der Waals surface area contributed by atoms with Crippen LogP contribution in [-0.4, -0.2) is 10.9 Å². The fraction of sp³-hybridized carbons (Fsp3) is 0.333. The summed E-state index contributed by atoms with van der Waals surface area (Å²) in [5.41, 5.74) is 9.36. The van der Waals surface area contributed by atoms with Gasteiger partial charge in [0.1, 0.15) is 11.8 Å². The minimum Gasteiger partial charge on any atom is -0.444 e. The third kappa shape index (κ3) is 2.69. The Labute approximate surface area is 122 Å². The van der Waals surface area contributed by atoms with Crippen LogP contribution in [0.25, 0.3) is 0 Å². The molecule has 6 heteroatoms. The zero-order chi connectivity index (χ0) is 15.0. The summed E-state index contributed by atoms with van der Waals surface area (Å²) in [4.78, 5) is 15.6. The fourth-order valence-corrected chi connectivity index (χ4v) is 2.44. The third-order valence-electron chi connectivity index (χ3n) is 3.55. The molecule has 0 saturated carbocycles.